The third-order valence-corrected chi connectivity index (χ3v) is 5.45. The van der Waals surface area contributed by atoms with Crippen molar-refractivity contribution in [2.75, 3.05) is 32.4 Å². The molecule has 0 bridgehead atoms. The van der Waals surface area contributed by atoms with Gasteiger partial charge in [0.05, 0.1) is 6.26 Å². The number of sulfonamides is 1. The number of carbonyl (C=O) groups is 1. The Bertz CT molecular complexity index is 874. The van der Waals surface area contributed by atoms with Crippen LogP contribution in [0.25, 0.3) is 0 Å². The molecule has 1 aliphatic heterocycles. The summed E-state index contributed by atoms with van der Waals surface area (Å²) < 4.78 is 42.9. The van der Waals surface area contributed by atoms with Crippen LogP contribution in [0, 0.1) is 5.82 Å². The summed E-state index contributed by atoms with van der Waals surface area (Å²) in [4.78, 5) is 14.2. The van der Waals surface area contributed by atoms with E-state index in [9.17, 15) is 17.6 Å². The van der Waals surface area contributed by atoms with Gasteiger partial charge in [0.2, 0.25) is 10.0 Å². The van der Waals surface area contributed by atoms with Crippen LogP contribution in [0.3, 0.4) is 0 Å². The Morgan fingerprint density at radius 3 is 1.92 bits per heavy atom. The predicted octanol–water partition coefficient (Wildman–Crippen LogP) is 2.34. The van der Waals surface area contributed by atoms with Gasteiger partial charge in [0.1, 0.15) is 17.3 Å². The molecule has 1 heterocycles. The Kier molecular flexibility index (Phi) is 5.24. The normalized spacial score (nSPS) is 15.7. The summed E-state index contributed by atoms with van der Waals surface area (Å²) in [5, 5.41) is 0. The number of halogens is 1. The fourth-order valence-corrected chi connectivity index (χ4v) is 3.54. The number of ether oxygens (including phenoxy) is 1. The predicted molar refractivity (Wildman–Crippen MR) is 95.2 cm³/mol. The maximum Gasteiger partial charge on any atom is 0.253 e. The zero-order valence-electron chi connectivity index (χ0n) is 14.3. The van der Waals surface area contributed by atoms with Crippen LogP contribution in [0.2, 0.25) is 0 Å². The standard InChI is InChI=1S/C18H19FN2O4S/c1-26(23,24)21-12-10-20(11-13-21)18(22)14-2-6-16(7-3-14)25-17-8-4-15(19)5-9-17/h2-9H,10-13H2,1H3. The van der Waals surface area contributed by atoms with Crippen molar-refractivity contribution >= 4 is 15.9 Å². The molecule has 0 saturated carbocycles. The van der Waals surface area contributed by atoms with Crippen LogP contribution in [0.1, 0.15) is 10.4 Å². The van der Waals surface area contributed by atoms with E-state index in [1.54, 1.807) is 29.2 Å². The smallest absolute Gasteiger partial charge is 0.253 e. The van der Waals surface area contributed by atoms with Crippen LogP contribution in [-0.2, 0) is 10.0 Å². The van der Waals surface area contributed by atoms with Gasteiger partial charge in [-0.1, -0.05) is 0 Å². The number of rotatable bonds is 4. The second-order valence-electron chi connectivity index (χ2n) is 6.03. The topological polar surface area (TPSA) is 66.9 Å². The highest BCUT2D eigenvalue weighted by Crippen LogP contribution is 2.22. The second kappa shape index (κ2) is 7.43. The van der Waals surface area contributed by atoms with Gasteiger partial charge in [0.25, 0.3) is 5.91 Å². The van der Waals surface area contributed by atoms with Gasteiger partial charge in [-0.25, -0.2) is 12.8 Å². The largest absolute Gasteiger partial charge is 0.457 e. The van der Waals surface area contributed by atoms with Crippen LogP contribution in [0.4, 0.5) is 4.39 Å². The van der Waals surface area contributed by atoms with Crippen molar-refractivity contribution in [2.24, 2.45) is 0 Å². The highest BCUT2D eigenvalue weighted by Gasteiger charge is 2.26. The van der Waals surface area contributed by atoms with Crippen molar-refractivity contribution in [2.45, 2.75) is 0 Å². The van der Waals surface area contributed by atoms with E-state index in [1.165, 1.54) is 34.8 Å². The molecule has 0 unspecified atom stereocenters. The molecule has 0 spiro atoms. The molecule has 26 heavy (non-hydrogen) atoms. The van der Waals surface area contributed by atoms with Crippen molar-refractivity contribution in [3.63, 3.8) is 0 Å². The molecule has 0 aliphatic carbocycles. The Hall–Kier alpha value is -2.45. The molecule has 1 aliphatic rings. The molecule has 3 rings (SSSR count). The highest BCUT2D eigenvalue weighted by atomic mass is 32.2. The lowest BCUT2D eigenvalue weighted by atomic mass is 10.2. The summed E-state index contributed by atoms with van der Waals surface area (Å²) in [6, 6.07) is 12.3. The second-order valence-corrected chi connectivity index (χ2v) is 8.02. The summed E-state index contributed by atoms with van der Waals surface area (Å²) in [5.41, 5.74) is 0.504. The Labute approximate surface area is 151 Å². The van der Waals surface area contributed by atoms with Gasteiger partial charge in [0, 0.05) is 31.7 Å². The third-order valence-electron chi connectivity index (χ3n) is 4.15. The summed E-state index contributed by atoms with van der Waals surface area (Å²) in [6.45, 7) is 1.33. The number of hydrogen-bond donors (Lipinski definition) is 0. The number of nitrogens with zero attached hydrogens (tertiary/aromatic N) is 2. The van der Waals surface area contributed by atoms with E-state index in [2.05, 4.69) is 0 Å². The summed E-state index contributed by atoms with van der Waals surface area (Å²) in [5.74, 6) is 0.554. The molecule has 2 aromatic rings. The van der Waals surface area contributed by atoms with E-state index in [-0.39, 0.29) is 11.7 Å². The van der Waals surface area contributed by atoms with Crippen molar-refractivity contribution in [3.05, 3.63) is 59.9 Å². The molecule has 8 heteroatoms. The first-order valence-corrected chi connectivity index (χ1v) is 9.96. The third kappa shape index (κ3) is 4.39. The van der Waals surface area contributed by atoms with E-state index in [1.807, 2.05) is 0 Å². The molecular weight excluding hydrogens is 359 g/mol. The van der Waals surface area contributed by atoms with E-state index in [0.29, 0.717) is 43.2 Å². The molecule has 1 amide bonds. The SMILES string of the molecule is CS(=O)(=O)N1CCN(C(=O)c2ccc(Oc3ccc(F)cc3)cc2)CC1. The number of amides is 1. The van der Waals surface area contributed by atoms with Crippen molar-refractivity contribution in [1.29, 1.82) is 0 Å². The molecule has 6 nitrogen and oxygen atoms in total. The van der Waals surface area contributed by atoms with Gasteiger partial charge >= 0.3 is 0 Å². The van der Waals surface area contributed by atoms with Crippen LogP contribution >= 0.6 is 0 Å². The Morgan fingerprint density at radius 2 is 1.42 bits per heavy atom. The number of piperazine rings is 1. The van der Waals surface area contributed by atoms with E-state index in [4.69, 9.17) is 4.74 Å². The first-order chi connectivity index (χ1) is 12.3. The monoisotopic (exact) mass is 378 g/mol. The fourth-order valence-electron chi connectivity index (χ4n) is 2.71. The molecule has 0 atom stereocenters. The van der Waals surface area contributed by atoms with Gasteiger partial charge in [-0.05, 0) is 48.5 Å². The minimum absolute atomic E-state index is 0.147. The Morgan fingerprint density at radius 1 is 0.923 bits per heavy atom. The fraction of sp³-hybridized carbons (Fsp3) is 0.278. The number of hydrogen-bond acceptors (Lipinski definition) is 4. The van der Waals surface area contributed by atoms with Crippen LogP contribution in [-0.4, -0.2) is 56.0 Å². The maximum atomic E-state index is 12.9. The van der Waals surface area contributed by atoms with Gasteiger partial charge in [-0.15, -0.1) is 0 Å². The van der Waals surface area contributed by atoms with Gasteiger partial charge in [0.15, 0.2) is 0 Å². The highest BCUT2D eigenvalue weighted by molar-refractivity contribution is 7.88. The lowest BCUT2D eigenvalue weighted by Crippen LogP contribution is -2.50. The first-order valence-electron chi connectivity index (χ1n) is 8.11. The average Bonchev–Trinajstić information content (AvgIpc) is 2.63. The van der Waals surface area contributed by atoms with E-state index < -0.39 is 10.0 Å². The molecule has 0 N–H and O–H groups in total. The quantitative estimate of drug-likeness (QED) is 0.819. The van der Waals surface area contributed by atoms with Crippen molar-refractivity contribution in [1.82, 2.24) is 9.21 Å². The van der Waals surface area contributed by atoms with Gasteiger partial charge < -0.3 is 9.64 Å². The van der Waals surface area contributed by atoms with Crippen molar-refractivity contribution < 1.29 is 22.3 Å². The number of benzene rings is 2. The minimum atomic E-state index is -3.22. The molecule has 1 fully saturated rings. The molecular formula is C18H19FN2O4S. The maximum absolute atomic E-state index is 12.9. The lowest BCUT2D eigenvalue weighted by Gasteiger charge is -2.33. The van der Waals surface area contributed by atoms with E-state index >= 15 is 0 Å². The zero-order valence-corrected chi connectivity index (χ0v) is 15.1. The van der Waals surface area contributed by atoms with E-state index in [0.717, 1.165) is 0 Å². The molecule has 1 saturated heterocycles. The van der Waals surface area contributed by atoms with Crippen molar-refractivity contribution in [3.8, 4) is 11.5 Å². The molecule has 138 valence electrons. The molecule has 0 radical (unpaired) electrons. The minimum Gasteiger partial charge on any atom is -0.457 e. The van der Waals surface area contributed by atoms with Crippen LogP contribution in [0.15, 0.2) is 48.5 Å². The zero-order chi connectivity index (χ0) is 18.7. The average molecular weight is 378 g/mol. The molecule has 2 aromatic carbocycles. The lowest BCUT2D eigenvalue weighted by molar-refractivity contribution is 0.0698. The van der Waals surface area contributed by atoms with Gasteiger partial charge in [-0.2, -0.15) is 4.31 Å². The first kappa shape index (κ1) is 18.3. The van der Waals surface area contributed by atoms with Crippen LogP contribution < -0.4 is 4.74 Å². The van der Waals surface area contributed by atoms with Gasteiger partial charge in [-0.3, -0.25) is 4.79 Å². The Balaban J connectivity index is 1.61. The summed E-state index contributed by atoms with van der Waals surface area (Å²) >= 11 is 0. The summed E-state index contributed by atoms with van der Waals surface area (Å²) in [6.07, 6.45) is 1.17. The number of carbonyl (C=O) groups excluding carboxylic acids is 1. The summed E-state index contributed by atoms with van der Waals surface area (Å²) in [7, 11) is -3.22. The van der Waals surface area contributed by atoms with Crippen LogP contribution in [0.5, 0.6) is 11.5 Å². The molecule has 0 aromatic heterocycles.